The van der Waals surface area contributed by atoms with Crippen LogP contribution in [0.15, 0.2) is 36.4 Å². The zero-order valence-electron chi connectivity index (χ0n) is 10.2. The van der Waals surface area contributed by atoms with Crippen LogP contribution >= 0.6 is 34.8 Å². The Labute approximate surface area is 119 Å². The van der Waals surface area contributed by atoms with Gasteiger partial charge in [0.25, 0.3) is 0 Å². The third-order valence-electron chi connectivity index (χ3n) is 1.16. The van der Waals surface area contributed by atoms with Gasteiger partial charge in [-0.25, -0.2) is 0 Å². The van der Waals surface area contributed by atoms with Crippen LogP contribution in [0.5, 0.6) is 0 Å². The molecule has 0 aliphatic carbocycles. The SMILES string of the molecule is CCC(C)=O.CO.ClC(Cl)Cl.c1ccccc1. The quantitative estimate of drug-likeness (QED) is 0.787. The molecule has 0 unspecified atom stereocenters. The number of aliphatic hydroxyl groups excluding tert-OH is 1. The Morgan fingerprint density at radius 1 is 1.00 bits per heavy atom. The third kappa shape index (κ3) is 49.7. The molecular formula is C12H19Cl3O2. The summed E-state index contributed by atoms with van der Waals surface area (Å²) >= 11 is 14.4. The molecule has 100 valence electrons. The summed E-state index contributed by atoms with van der Waals surface area (Å²) in [5.41, 5.74) is 0. The first kappa shape index (κ1) is 21.9. The number of hydrogen-bond donors (Lipinski definition) is 1. The van der Waals surface area contributed by atoms with Gasteiger partial charge in [0.2, 0.25) is 0 Å². The topological polar surface area (TPSA) is 37.3 Å². The molecular weight excluding hydrogens is 282 g/mol. The van der Waals surface area contributed by atoms with E-state index in [1.807, 2.05) is 43.3 Å². The zero-order chi connectivity index (χ0) is 14.1. The van der Waals surface area contributed by atoms with E-state index in [1.165, 1.54) is 0 Å². The van der Waals surface area contributed by atoms with Crippen molar-refractivity contribution >= 4 is 40.6 Å². The van der Waals surface area contributed by atoms with Crippen molar-refractivity contribution in [2.45, 2.75) is 24.6 Å². The first-order valence-corrected chi connectivity index (χ1v) is 6.18. The molecule has 1 rings (SSSR count). The lowest BCUT2D eigenvalue weighted by molar-refractivity contribution is -0.116. The van der Waals surface area contributed by atoms with Crippen LogP contribution in [0.2, 0.25) is 0 Å². The minimum absolute atomic E-state index is 0.255. The maximum atomic E-state index is 9.81. The molecule has 0 aliphatic rings. The second-order valence-corrected chi connectivity index (χ2v) is 4.44. The monoisotopic (exact) mass is 300 g/mol. The van der Waals surface area contributed by atoms with Gasteiger partial charge in [0.1, 0.15) is 5.78 Å². The molecule has 0 bridgehead atoms. The Bertz CT molecular complexity index is 199. The van der Waals surface area contributed by atoms with Crippen LogP contribution in [0.4, 0.5) is 0 Å². The van der Waals surface area contributed by atoms with Gasteiger partial charge in [0.15, 0.2) is 4.30 Å². The van der Waals surface area contributed by atoms with Gasteiger partial charge >= 0.3 is 0 Å². The predicted octanol–water partition coefficient (Wildman–Crippen LogP) is 4.27. The van der Waals surface area contributed by atoms with Crippen molar-refractivity contribution in [2.75, 3.05) is 7.11 Å². The number of Topliss-reactive ketones (excluding diaryl/α,β-unsaturated/α-hetero) is 1. The summed E-state index contributed by atoms with van der Waals surface area (Å²) in [6.07, 6.45) is 0.667. The summed E-state index contributed by atoms with van der Waals surface area (Å²) in [7, 11) is 1.00. The third-order valence-corrected chi connectivity index (χ3v) is 1.16. The van der Waals surface area contributed by atoms with Crippen molar-refractivity contribution in [3.8, 4) is 0 Å². The summed E-state index contributed by atoms with van der Waals surface area (Å²) in [6, 6.07) is 12.0. The number of carbonyl (C=O) groups excluding carboxylic acids is 1. The Hall–Kier alpha value is -0.280. The summed E-state index contributed by atoms with van der Waals surface area (Å²) in [5.74, 6) is 0.255. The number of aliphatic hydroxyl groups is 1. The average molecular weight is 302 g/mol. The van der Waals surface area contributed by atoms with E-state index in [0.29, 0.717) is 6.42 Å². The minimum Gasteiger partial charge on any atom is -0.400 e. The van der Waals surface area contributed by atoms with E-state index in [4.69, 9.17) is 39.9 Å². The van der Waals surface area contributed by atoms with Crippen molar-refractivity contribution < 1.29 is 9.90 Å². The van der Waals surface area contributed by atoms with E-state index in [0.717, 1.165) is 7.11 Å². The summed E-state index contributed by atoms with van der Waals surface area (Å²) < 4.78 is -0.750. The normalized spacial score (nSPS) is 7.53. The Morgan fingerprint density at radius 3 is 1.18 bits per heavy atom. The van der Waals surface area contributed by atoms with Crippen LogP contribution in [0.3, 0.4) is 0 Å². The molecule has 0 atom stereocenters. The van der Waals surface area contributed by atoms with Crippen LogP contribution in [0.25, 0.3) is 0 Å². The molecule has 5 heteroatoms. The predicted molar refractivity (Wildman–Crippen MR) is 76.9 cm³/mol. The van der Waals surface area contributed by atoms with Crippen LogP contribution < -0.4 is 0 Å². The molecule has 1 aromatic rings. The van der Waals surface area contributed by atoms with Crippen LogP contribution in [0, 0.1) is 0 Å². The summed E-state index contributed by atoms with van der Waals surface area (Å²) in [5, 5.41) is 7.00. The fourth-order valence-electron chi connectivity index (χ4n) is 0.385. The fourth-order valence-corrected chi connectivity index (χ4v) is 0.385. The average Bonchev–Trinajstić information content (AvgIpc) is 2.34. The van der Waals surface area contributed by atoms with Crippen molar-refractivity contribution in [3.63, 3.8) is 0 Å². The van der Waals surface area contributed by atoms with Crippen LogP contribution in [-0.2, 0) is 4.79 Å². The van der Waals surface area contributed by atoms with Gasteiger partial charge in [-0.15, -0.1) is 0 Å². The van der Waals surface area contributed by atoms with E-state index >= 15 is 0 Å². The molecule has 17 heavy (non-hydrogen) atoms. The smallest absolute Gasteiger partial charge is 0.180 e. The Balaban J connectivity index is -0.000000165. The number of halogens is 3. The summed E-state index contributed by atoms with van der Waals surface area (Å²) in [4.78, 5) is 9.81. The minimum atomic E-state index is -0.750. The second kappa shape index (κ2) is 21.1. The van der Waals surface area contributed by atoms with E-state index in [9.17, 15) is 4.79 Å². The maximum absolute atomic E-state index is 9.81. The highest BCUT2D eigenvalue weighted by Crippen LogP contribution is 2.03. The first-order valence-electron chi connectivity index (χ1n) is 4.87. The molecule has 0 amide bonds. The van der Waals surface area contributed by atoms with Gasteiger partial charge in [-0.2, -0.15) is 0 Å². The molecule has 0 aromatic heterocycles. The van der Waals surface area contributed by atoms with Gasteiger partial charge in [-0.1, -0.05) is 78.1 Å². The van der Waals surface area contributed by atoms with Crippen molar-refractivity contribution in [3.05, 3.63) is 36.4 Å². The lowest BCUT2D eigenvalue weighted by Crippen LogP contribution is -1.80. The molecule has 0 heterocycles. The first-order chi connectivity index (χ1) is 8.00. The van der Waals surface area contributed by atoms with Gasteiger partial charge in [0, 0.05) is 13.5 Å². The van der Waals surface area contributed by atoms with Crippen molar-refractivity contribution in [1.29, 1.82) is 0 Å². The van der Waals surface area contributed by atoms with E-state index < -0.39 is 4.30 Å². The van der Waals surface area contributed by atoms with Crippen molar-refractivity contribution in [2.24, 2.45) is 0 Å². The molecule has 0 saturated carbocycles. The Kier molecular flexibility index (Phi) is 27.2. The van der Waals surface area contributed by atoms with Gasteiger partial charge in [-0.3, -0.25) is 0 Å². The summed E-state index contributed by atoms with van der Waals surface area (Å²) in [6.45, 7) is 3.43. The standard InChI is InChI=1S/C6H6.C4H8O.CHCl3.CH4O/c1-2-4-6-5-3-1;1-3-4(2)5;2-1(3)4;1-2/h1-6H;3H2,1-2H3;1H;2H,1H3. The fraction of sp³-hybridized carbons (Fsp3) is 0.417. The van der Waals surface area contributed by atoms with Gasteiger partial charge in [0.05, 0.1) is 0 Å². The molecule has 0 radical (unpaired) electrons. The Morgan fingerprint density at radius 2 is 1.12 bits per heavy atom. The molecule has 1 aromatic carbocycles. The van der Waals surface area contributed by atoms with E-state index in [-0.39, 0.29) is 5.78 Å². The molecule has 0 fully saturated rings. The highest BCUT2D eigenvalue weighted by Gasteiger charge is 1.79. The lowest BCUT2D eigenvalue weighted by atomic mass is 10.4. The highest BCUT2D eigenvalue weighted by molar-refractivity contribution is 6.63. The number of alkyl halides is 3. The molecule has 1 N–H and O–H groups in total. The van der Waals surface area contributed by atoms with Gasteiger partial charge in [-0.05, 0) is 6.92 Å². The number of ketones is 1. The molecule has 0 saturated heterocycles. The van der Waals surface area contributed by atoms with E-state index in [2.05, 4.69) is 0 Å². The van der Waals surface area contributed by atoms with E-state index in [1.54, 1.807) is 6.92 Å². The zero-order valence-corrected chi connectivity index (χ0v) is 12.5. The van der Waals surface area contributed by atoms with Crippen LogP contribution in [0.1, 0.15) is 20.3 Å². The number of rotatable bonds is 1. The van der Waals surface area contributed by atoms with Crippen LogP contribution in [-0.4, -0.2) is 22.3 Å². The van der Waals surface area contributed by atoms with Crippen molar-refractivity contribution in [1.82, 2.24) is 0 Å². The molecule has 0 aliphatic heterocycles. The number of carbonyl (C=O) groups is 1. The number of benzene rings is 1. The second-order valence-electron chi connectivity index (χ2n) is 2.46. The van der Waals surface area contributed by atoms with Gasteiger partial charge < -0.3 is 9.90 Å². The molecule has 0 spiro atoms. The lowest BCUT2D eigenvalue weighted by Gasteiger charge is -1.71. The largest absolute Gasteiger partial charge is 0.400 e. The highest BCUT2D eigenvalue weighted by atomic mass is 35.6. The molecule has 2 nitrogen and oxygen atoms in total. The number of hydrogen-bond acceptors (Lipinski definition) is 2. The maximum Gasteiger partial charge on any atom is 0.180 e.